The number of rotatable bonds is 1. The Morgan fingerprint density at radius 2 is 1.92 bits per heavy atom. The molecule has 1 aliphatic heterocycles. The molecule has 0 aliphatic carbocycles. The van der Waals surface area contributed by atoms with Crippen LogP contribution >= 0.6 is 0 Å². The number of nitrogens with one attached hydrogen (secondary N) is 1. The lowest BCUT2D eigenvalue weighted by Gasteiger charge is -2.23. The molecule has 13 heavy (non-hydrogen) atoms. The summed E-state index contributed by atoms with van der Waals surface area (Å²) in [6, 6.07) is 8.95. The molecule has 1 N–H and O–H groups in total. The largest absolute Gasteiger partial charge is 0.316 e. The van der Waals surface area contributed by atoms with Crippen molar-refractivity contribution in [2.45, 2.75) is 25.7 Å². The molecule has 1 heteroatoms. The van der Waals surface area contributed by atoms with Gasteiger partial charge in [-0.3, -0.25) is 0 Å². The van der Waals surface area contributed by atoms with Gasteiger partial charge in [-0.1, -0.05) is 36.8 Å². The van der Waals surface area contributed by atoms with Gasteiger partial charge in [0.05, 0.1) is 0 Å². The molecule has 1 aliphatic rings. The van der Waals surface area contributed by atoms with Gasteiger partial charge in [-0.15, -0.1) is 0 Å². The van der Waals surface area contributed by atoms with Gasteiger partial charge in [-0.25, -0.2) is 0 Å². The second kappa shape index (κ2) is 3.15. The van der Waals surface area contributed by atoms with Crippen molar-refractivity contribution in [1.29, 1.82) is 0 Å². The SMILES string of the molecule is Cc1ccc([C@@]2(C)CCNC2)cc1. The van der Waals surface area contributed by atoms with Crippen LogP contribution in [0.1, 0.15) is 24.5 Å². The van der Waals surface area contributed by atoms with Crippen LogP contribution in [0, 0.1) is 6.92 Å². The first-order valence-corrected chi connectivity index (χ1v) is 4.99. The van der Waals surface area contributed by atoms with Crippen molar-refractivity contribution >= 4 is 0 Å². The Bertz CT molecular complexity index is 280. The van der Waals surface area contributed by atoms with E-state index in [9.17, 15) is 0 Å². The van der Waals surface area contributed by atoms with Crippen molar-refractivity contribution in [3.05, 3.63) is 35.4 Å². The van der Waals surface area contributed by atoms with Crippen LogP contribution in [0.5, 0.6) is 0 Å². The Hall–Kier alpha value is -0.820. The van der Waals surface area contributed by atoms with Crippen molar-refractivity contribution in [1.82, 2.24) is 5.32 Å². The lowest BCUT2D eigenvalue weighted by atomic mass is 9.82. The minimum atomic E-state index is 0.369. The van der Waals surface area contributed by atoms with Crippen LogP contribution in [0.15, 0.2) is 24.3 Å². The molecule has 1 aromatic rings. The van der Waals surface area contributed by atoms with Crippen molar-refractivity contribution in [3.63, 3.8) is 0 Å². The molecule has 2 rings (SSSR count). The van der Waals surface area contributed by atoms with Crippen molar-refractivity contribution in [2.75, 3.05) is 13.1 Å². The molecule has 1 saturated heterocycles. The van der Waals surface area contributed by atoms with Crippen LogP contribution in [-0.2, 0) is 5.41 Å². The minimum Gasteiger partial charge on any atom is -0.316 e. The first kappa shape index (κ1) is 8.76. The summed E-state index contributed by atoms with van der Waals surface area (Å²) in [5.41, 5.74) is 3.19. The molecule has 0 amide bonds. The van der Waals surface area contributed by atoms with Gasteiger partial charge in [-0.2, -0.15) is 0 Å². The molecule has 0 spiro atoms. The summed E-state index contributed by atoms with van der Waals surface area (Å²) in [5.74, 6) is 0. The zero-order valence-corrected chi connectivity index (χ0v) is 8.43. The highest BCUT2D eigenvalue weighted by Crippen LogP contribution is 2.29. The summed E-state index contributed by atoms with van der Waals surface area (Å²) in [6.45, 7) is 6.76. The van der Waals surface area contributed by atoms with E-state index in [1.807, 2.05) is 0 Å². The Morgan fingerprint density at radius 1 is 1.23 bits per heavy atom. The third kappa shape index (κ3) is 1.61. The molecule has 1 atom stereocenters. The quantitative estimate of drug-likeness (QED) is 0.690. The van der Waals surface area contributed by atoms with E-state index in [-0.39, 0.29) is 0 Å². The molecule has 1 fully saturated rings. The van der Waals surface area contributed by atoms with E-state index in [1.54, 1.807) is 0 Å². The summed E-state index contributed by atoms with van der Waals surface area (Å²) in [7, 11) is 0. The summed E-state index contributed by atoms with van der Waals surface area (Å²) in [4.78, 5) is 0. The van der Waals surface area contributed by atoms with E-state index in [2.05, 4.69) is 43.4 Å². The zero-order valence-electron chi connectivity index (χ0n) is 8.43. The van der Waals surface area contributed by atoms with E-state index in [0.29, 0.717) is 5.41 Å². The highest BCUT2D eigenvalue weighted by molar-refractivity contribution is 5.29. The molecule has 70 valence electrons. The maximum Gasteiger partial charge on any atom is 0.00615 e. The fraction of sp³-hybridized carbons (Fsp3) is 0.500. The topological polar surface area (TPSA) is 12.0 Å². The van der Waals surface area contributed by atoms with Crippen LogP contribution in [-0.4, -0.2) is 13.1 Å². The Kier molecular flexibility index (Phi) is 2.12. The summed E-state index contributed by atoms with van der Waals surface area (Å²) in [5, 5.41) is 3.43. The van der Waals surface area contributed by atoms with E-state index in [1.165, 1.54) is 17.5 Å². The predicted molar refractivity (Wildman–Crippen MR) is 56.0 cm³/mol. The molecule has 1 nitrogen and oxygen atoms in total. The Balaban J connectivity index is 2.29. The van der Waals surface area contributed by atoms with Gasteiger partial charge in [0.2, 0.25) is 0 Å². The molecule has 0 unspecified atom stereocenters. The average Bonchev–Trinajstić information content (AvgIpc) is 2.54. The summed E-state index contributed by atoms with van der Waals surface area (Å²) < 4.78 is 0. The van der Waals surface area contributed by atoms with E-state index in [0.717, 1.165) is 13.1 Å². The third-order valence-electron chi connectivity index (χ3n) is 3.12. The predicted octanol–water partition coefficient (Wildman–Crippen LogP) is 2.25. The van der Waals surface area contributed by atoms with Crippen molar-refractivity contribution in [2.24, 2.45) is 0 Å². The smallest absolute Gasteiger partial charge is 0.00615 e. The molecule has 1 heterocycles. The van der Waals surface area contributed by atoms with E-state index in [4.69, 9.17) is 0 Å². The van der Waals surface area contributed by atoms with Crippen LogP contribution in [0.25, 0.3) is 0 Å². The van der Waals surface area contributed by atoms with E-state index < -0.39 is 0 Å². The third-order valence-corrected chi connectivity index (χ3v) is 3.12. The van der Waals surface area contributed by atoms with Gasteiger partial charge in [0.25, 0.3) is 0 Å². The van der Waals surface area contributed by atoms with Gasteiger partial charge in [0.1, 0.15) is 0 Å². The second-order valence-electron chi connectivity index (χ2n) is 4.35. The molecular weight excluding hydrogens is 158 g/mol. The van der Waals surface area contributed by atoms with Crippen LogP contribution in [0.2, 0.25) is 0 Å². The first-order valence-electron chi connectivity index (χ1n) is 4.99. The second-order valence-corrected chi connectivity index (χ2v) is 4.35. The highest BCUT2D eigenvalue weighted by atomic mass is 14.9. The molecule has 0 radical (unpaired) electrons. The van der Waals surface area contributed by atoms with Crippen molar-refractivity contribution in [3.8, 4) is 0 Å². The lowest BCUT2D eigenvalue weighted by molar-refractivity contribution is 0.525. The maximum absolute atomic E-state index is 3.43. The van der Waals surface area contributed by atoms with Gasteiger partial charge >= 0.3 is 0 Å². The summed E-state index contributed by atoms with van der Waals surface area (Å²) >= 11 is 0. The number of hydrogen-bond donors (Lipinski definition) is 1. The fourth-order valence-corrected chi connectivity index (χ4v) is 2.02. The number of hydrogen-bond acceptors (Lipinski definition) is 1. The molecule has 1 aromatic carbocycles. The standard InChI is InChI=1S/C12H17N/c1-10-3-5-11(6-4-10)12(2)7-8-13-9-12/h3-6,13H,7-9H2,1-2H3/t12-/m0/s1. The number of benzene rings is 1. The normalized spacial score (nSPS) is 27.8. The van der Waals surface area contributed by atoms with Gasteiger partial charge in [-0.05, 0) is 25.5 Å². The first-order chi connectivity index (χ1) is 6.21. The Labute approximate surface area is 80.2 Å². The highest BCUT2D eigenvalue weighted by Gasteiger charge is 2.29. The van der Waals surface area contributed by atoms with E-state index >= 15 is 0 Å². The average molecular weight is 175 g/mol. The van der Waals surface area contributed by atoms with Gasteiger partial charge < -0.3 is 5.32 Å². The van der Waals surface area contributed by atoms with Gasteiger partial charge in [0, 0.05) is 12.0 Å². The molecule has 0 saturated carbocycles. The monoisotopic (exact) mass is 175 g/mol. The minimum absolute atomic E-state index is 0.369. The maximum atomic E-state index is 3.43. The molecule has 0 aromatic heterocycles. The number of aryl methyl sites for hydroxylation is 1. The molecular formula is C12H17N. The summed E-state index contributed by atoms with van der Waals surface area (Å²) in [6.07, 6.45) is 1.26. The van der Waals surface area contributed by atoms with Crippen LogP contribution < -0.4 is 5.32 Å². The van der Waals surface area contributed by atoms with Crippen LogP contribution in [0.4, 0.5) is 0 Å². The van der Waals surface area contributed by atoms with Gasteiger partial charge in [0.15, 0.2) is 0 Å². The zero-order chi connectivity index (χ0) is 9.31. The fourth-order valence-electron chi connectivity index (χ4n) is 2.02. The van der Waals surface area contributed by atoms with Crippen LogP contribution in [0.3, 0.4) is 0 Å². The molecule has 0 bridgehead atoms. The lowest BCUT2D eigenvalue weighted by Crippen LogP contribution is -2.24. The van der Waals surface area contributed by atoms with Crippen molar-refractivity contribution < 1.29 is 0 Å². The Morgan fingerprint density at radius 3 is 2.46 bits per heavy atom.